The number of para-hydroxylation sites is 1. The first kappa shape index (κ1) is 16.5. The van der Waals surface area contributed by atoms with Crippen LogP contribution in [-0.4, -0.2) is 33.2 Å². The second-order valence-electron chi connectivity index (χ2n) is 4.35. The molecule has 0 heterocycles. The van der Waals surface area contributed by atoms with E-state index in [9.17, 15) is 13.2 Å². The number of carbonyl (C=O) groups excluding carboxylic acids is 1. The molecule has 0 radical (unpaired) electrons. The van der Waals surface area contributed by atoms with E-state index >= 15 is 0 Å². The predicted octanol–water partition coefficient (Wildman–Crippen LogP) is 0.257. The van der Waals surface area contributed by atoms with Crippen molar-refractivity contribution in [3.05, 3.63) is 29.8 Å². The maximum absolute atomic E-state index is 11.6. The molecular formula is C13H21N3O3S. The van der Waals surface area contributed by atoms with E-state index in [2.05, 4.69) is 10.0 Å². The number of rotatable bonds is 8. The van der Waals surface area contributed by atoms with Crippen molar-refractivity contribution in [2.75, 3.05) is 24.6 Å². The van der Waals surface area contributed by atoms with E-state index < -0.39 is 10.0 Å². The lowest BCUT2D eigenvalue weighted by atomic mass is 10.1. The number of aryl methyl sites for hydroxylation is 1. The van der Waals surface area contributed by atoms with Crippen LogP contribution < -0.4 is 15.8 Å². The molecule has 112 valence electrons. The number of carbonyl (C=O) groups is 1. The van der Waals surface area contributed by atoms with Gasteiger partial charge in [0.1, 0.15) is 0 Å². The first-order valence-corrected chi connectivity index (χ1v) is 8.17. The van der Waals surface area contributed by atoms with Gasteiger partial charge in [0.15, 0.2) is 0 Å². The van der Waals surface area contributed by atoms with Gasteiger partial charge in [-0.05, 0) is 25.0 Å². The Morgan fingerprint density at radius 2 is 1.95 bits per heavy atom. The summed E-state index contributed by atoms with van der Waals surface area (Å²) in [5.41, 5.74) is 7.40. The molecule has 1 rings (SSSR count). The third-order valence-electron chi connectivity index (χ3n) is 2.83. The lowest BCUT2D eigenvalue weighted by Crippen LogP contribution is -2.35. The molecule has 4 N–H and O–H groups in total. The highest BCUT2D eigenvalue weighted by molar-refractivity contribution is 7.89. The second kappa shape index (κ2) is 7.86. The highest BCUT2D eigenvalue weighted by Crippen LogP contribution is 2.12. The fourth-order valence-electron chi connectivity index (χ4n) is 1.61. The van der Waals surface area contributed by atoms with E-state index in [0.29, 0.717) is 18.5 Å². The summed E-state index contributed by atoms with van der Waals surface area (Å²) in [5, 5.41) is 2.66. The summed E-state index contributed by atoms with van der Waals surface area (Å²) in [6.07, 6.45) is 0.897. The topological polar surface area (TPSA) is 101 Å². The molecule has 0 fully saturated rings. The quantitative estimate of drug-likeness (QED) is 0.473. The molecule has 0 spiro atoms. The molecule has 0 saturated heterocycles. The molecule has 0 atom stereocenters. The van der Waals surface area contributed by atoms with Crippen molar-refractivity contribution < 1.29 is 13.2 Å². The summed E-state index contributed by atoms with van der Waals surface area (Å²) in [4.78, 5) is 11.6. The number of nitrogen functional groups attached to an aromatic ring is 1. The highest BCUT2D eigenvalue weighted by Gasteiger charge is 2.06. The molecule has 0 aliphatic rings. The van der Waals surface area contributed by atoms with Gasteiger partial charge >= 0.3 is 0 Å². The Morgan fingerprint density at radius 3 is 2.60 bits per heavy atom. The number of amides is 1. The molecule has 7 heteroatoms. The lowest BCUT2D eigenvalue weighted by Gasteiger charge is -2.07. The number of hydrogen-bond donors (Lipinski definition) is 3. The molecule has 0 unspecified atom stereocenters. The normalized spacial score (nSPS) is 11.2. The predicted molar refractivity (Wildman–Crippen MR) is 79.6 cm³/mol. The van der Waals surface area contributed by atoms with Crippen LogP contribution in [0.4, 0.5) is 5.69 Å². The molecule has 1 aromatic rings. The molecule has 1 aromatic carbocycles. The van der Waals surface area contributed by atoms with Gasteiger partial charge in [0.05, 0.1) is 5.75 Å². The summed E-state index contributed by atoms with van der Waals surface area (Å²) < 4.78 is 24.7. The first-order chi connectivity index (χ1) is 9.44. The fourth-order valence-corrected chi connectivity index (χ4v) is 2.23. The van der Waals surface area contributed by atoms with Crippen molar-refractivity contribution in [2.24, 2.45) is 0 Å². The molecule has 1 amide bonds. The summed E-state index contributed by atoms with van der Waals surface area (Å²) >= 11 is 0. The van der Waals surface area contributed by atoms with Gasteiger partial charge in [-0.3, -0.25) is 4.79 Å². The molecule has 0 saturated carbocycles. The van der Waals surface area contributed by atoms with Crippen LogP contribution >= 0.6 is 0 Å². The molecule has 0 bridgehead atoms. The summed E-state index contributed by atoms with van der Waals surface area (Å²) in [6.45, 7) is 2.04. The van der Waals surface area contributed by atoms with E-state index in [1.165, 1.54) is 0 Å². The Labute approximate surface area is 119 Å². The lowest BCUT2D eigenvalue weighted by molar-refractivity contribution is -0.121. The standard InChI is InChI=1S/C13H21N3O3S/c1-2-20(18,19)16-10-9-15-13(17)8-7-11-5-3-4-6-12(11)14/h3-6,16H,2,7-10,14H2,1H3,(H,15,17). The van der Waals surface area contributed by atoms with Crippen molar-refractivity contribution in [2.45, 2.75) is 19.8 Å². The number of hydrogen-bond acceptors (Lipinski definition) is 4. The van der Waals surface area contributed by atoms with Crippen LogP contribution in [0.1, 0.15) is 18.9 Å². The Hall–Kier alpha value is -1.60. The van der Waals surface area contributed by atoms with Crippen molar-refractivity contribution in [1.29, 1.82) is 0 Å². The zero-order valence-corrected chi connectivity index (χ0v) is 12.4. The Morgan fingerprint density at radius 1 is 1.25 bits per heavy atom. The van der Waals surface area contributed by atoms with Crippen molar-refractivity contribution in [1.82, 2.24) is 10.0 Å². The van der Waals surface area contributed by atoms with Gasteiger partial charge in [-0.2, -0.15) is 0 Å². The molecule has 0 aromatic heterocycles. The molecule has 20 heavy (non-hydrogen) atoms. The van der Waals surface area contributed by atoms with Crippen LogP contribution in [0.15, 0.2) is 24.3 Å². The maximum atomic E-state index is 11.6. The van der Waals surface area contributed by atoms with Crippen molar-refractivity contribution >= 4 is 21.6 Å². The fraction of sp³-hybridized carbons (Fsp3) is 0.462. The Kier molecular flexibility index (Phi) is 6.47. The number of sulfonamides is 1. The van der Waals surface area contributed by atoms with E-state index in [0.717, 1.165) is 5.56 Å². The highest BCUT2D eigenvalue weighted by atomic mass is 32.2. The van der Waals surface area contributed by atoms with E-state index in [-0.39, 0.29) is 24.7 Å². The van der Waals surface area contributed by atoms with Crippen molar-refractivity contribution in [3.8, 4) is 0 Å². The van der Waals surface area contributed by atoms with Crippen LogP contribution in [0.2, 0.25) is 0 Å². The SMILES string of the molecule is CCS(=O)(=O)NCCNC(=O)CCc1ccccc1N. The zero-order valence-electron chi connectivity index (χ0n) is 11.6. The van der Waals surface area contributed by atoms with Crippen LogP contribution in [0.3, 0.4) is 0 Å². The number of nitrogens with two attached hydrogens (primary N) is 1. The van der Waals surface area contributed by atoms with Crippen LogP contribution in [0, 0.1) is 0 Å². The minimum atomic E-state index is -3.20. The van der Waals surface area contributed by atoms with E-state index in [1.807, 2.05) is 18.2 Å². The van der Waals surface area contributed by atoms with E-state index in [1.54, 1.807) is 13.0 Å². The molecule has 0 aliphatic carbocycles. The number of anilines is 1. The zero-order chi connectivity index (χ0) is 15.0. The van der Waals surface area contributed by atoms with Gasteiger partial charge in [0.2, 0.25) is 15.9 Å². The van der Waals surface area contributed by atoms with E-state index in [4.69, 9.17) is 5.73 Å². The largest absolute Gasteiger partial charge is 0.399 e. The maximum Gasteiger partial charge on any atom is 0.220 e. The van der Waals surface area contributed by atoms with Gasteiger partial charge in [-0.15, -0.1) is 0 Å². The average molecular weight is 299 g/mol. The Balaban J connectivity index is 2.23. The van der Waals surface area contributed by atoms with Crippen LogP contribution in [0.25, 0.3) is 0 Å². The van der Waals surface area contributed by atoms with Gasteiger partial charge in [-0.1, -0.05) is 18.2 Å². The van der Waals surface area contributed by atoms with Crippen LogP contribution in [0.5, 0.6) is 0 Å². The Bertz CT molecular complexity index is 544. The van der Waals surface area contributed by atoms with Crippen molar-refractivity contribution in [3.63, 3.8) is 0 Å². The summed E-state index contributed by atoms with van der Waals surface area (Å²) in [5.74, 6) is -0.0854. The molecular weight excluding hydrogens is 278 g/mol. The van der Waals surface area contributed by atoms with Gasteiger partial charge in [0.25, 0.3) is 0 Å². The second-order valence-corrected chi connectivity index (χ2v) is 6.44. The van der Waals surface area contributed by atoms with Gasteiger partial charge in [-0.25, -0.2) is 13.1 Å². The third kappa shape index (κ3) is 6.03. The molecule has 0 aliphatic heterocycles. The third-order valence-corrected chi connectivity index (χ3v) is 4.23. The van der Waals surface area contributed by atoms with Gasteiger partial charge < -0.3 is 11.1 Å². The molecule has 6 nitrogen and oxygen atoms in total. The van der Waals surface area contributed by atoms with Crippen LogP contribution in [-0.2, 0) is 21.2 Å². The average Bonchev–Trinajstić information content (AvgIpc) is 2.43. The minimum Gasteiger partial charge on any atom is -0.399 e. The summed E-state index contributed by atoms with van der Waals surface area (Å²) in [6, 6.07) is 7.41. The smallest absolute Gasteiger partial charge is 0.220 e. The first-order valence-electron chi connectivity index (χ1n) is 6.52. The van der Waals surface area contributed by atoms with Gasteiger partial charge in [0, 0.05) is 25.2 Å². The summed E-state index contributed by atoms with van der Waals surface area (Å²) in [7, 11) is -3.20. The number of nitrogens with one attached hydrogen (secondary N) is 2. The monoisotopic (exact) mass is 299 g/mol. The minimum absolute atomic E-state index is 0.0359. The number of benzene rings is 1.